The topological polar surface area (TPSA) is 163 Å². The molecule has 0 spiro atoms. The lowest BCUT2D eigenvalue weighted by Gasteiger charge is -2.28. The van der Waals surface area contributed by atoms with Gasteiger partial charge in [-0.2, -0.15) is 8.42 Å². The molecule has 4 aromatic rings. The number of fused-ring (bicyclic) bond motifs is 2. The summed E-state index contributed by atoms with van der Waals surface area (Å²) in [4.78, 5) is 40.5. The zero-order valence-electron chi connectivity index (χ0n) is 29.4. The van der Waals surface area contributed by atoms with E-state index in [-0.39, 0.29) is 58.6 Å². The summed E-state index contributed by atoms with van der Waals surface area (Å²) in [7, 11) is -4.61. The van der Waals surface area contributed by atoms with Gasteiger partial charge in [-0.15, -0.1) is 0 Å². The first-order valence-electron chi connectivity index (χ1n) is 17.8. The normalized spacial score (nSPS) is 14.4. The highest BCUT2D eigenvalue weighted by molar-refractivity contribution is 7.86. The fraction of sp³-hybridized carbons (Fsp3) is 0.325. The van der Waals surface area contributed by atoms with E-state index in [1.54, 1.807) is 61.5 Å². The molecule has 1 saturated carbocycles. The van der Waals surface area contributed by atoms with Crippen LogP contribution in [0.15, 0.2) is 77.7 Å². The number of rotatable bonds is 14. The van der Waals surface area contributed by atoms with Crippen LogP contribution in [0.25, 0.3) is 0 Å². The predicted molar refractivity (Wildman–Crippen MR) is 201 cm³/mol. The lowest BCUT2D eigenvalue weighted by atomic mass is 9.82. The predicted octanol–water partition coefficient (Wildman–Crippen LogP) is 7.30. The van der Waals surface area contributed by atoms with Crippen LogP contribution in [0, 0.1) is 6.92 Å². The minimum Gasteiger partial charge on any atom is -0.456 e. The molecule has 11 nitrogen and oxygen atoms in total. The molecule has 4 aromatic carbocycles. The molecule has 52 heavy (non-hydrogen) atoms. The second kappa shape index (κ2) is 16.1. The Bertz CT molecular complexity index is 2110. The first-order chi connectivity index (χ1) is 25.0. The molecule has 1 fully saturated rings. The average Bonchev–Trinajstić information content (AvgIpc) is 3.13. The van der Waals surface area contributed by atoms with Gasteiger partial charge in [0.15, 0.2) is 11.6 Å². The number of carbonyl (C=O) groups excluding carboxylic acids is 3. The Kier molecular flexibility index (Phi) is 11.4. The van der Waals surface area contributed by atoms with Crippen LogP contribution in [0.4, 0.5) is 17.1 Å². The molecule has 12 heteroatoms. The van der Waals surface area contributed by atoms with Gasteiger partial charge in [0.1, 0.15) is 16.4 Å². The second-order valence-corrected chi connectivity index (χ2v) is 14.8. The number of benzene rings is 4. The van der Waals surface area contributed by atoms with Gasteiger partial charge in [0, 0.05) is 40.7 Å². The smallest absolute Gasteiger partial charge is 0.298 e. The van der Waals surface area contributed by atoms with Crippen LogP contribution >= 0.6 is 0 Å². The zero-order chi connectivity index (χ0) is 36.8. The third-order valence-corrected chi connectivity index (χ3v) is 10.3. The summed E-state index contributed by atoms with van der Waals surface area (Å²) in [6.45, 7) is 4.61. The maximum Gasteiger partial charge on any atom is 0.298 e. The van der Waals surface area contributed by atoms with Crippen molar-refractivity contribution in [2.45, 2.75) is 76.3 Å². The number of nitrogens with one attached hydrogen (secondary N) is 4. The van der Waals surface area contributed by atoms with Crippen LogP contribution in [0.2, 0.25) is 0 Å². The quantitative estimate of drug-likeness (QED) is 0.0580. The van der Waals surface area contributed by atoms with Crippen molar-refractivity contribution in [1.29, 1.82) is 0 Å². The van der Waals surface area contributed by atoms with Gasteiger partial charge in [-0.1, -0.05) is 62.9 Å². The first kappa shape index (κ1) is 36.7. The van der Waals surface area contributed by atoms with Gasteiger partial charge in [-0.05, 0) is 80.8 Å². The number of ketones is 2. The number of hydrogen-bond donors (Lipinski definition) is 5. The van der Waals surface area contributed by atoms with Crippen LogP contribution in [-0.2, 0) is 21.5 Å². The monoisotopic (exact) mass is 724 g/mol. The molecule has 0 radical (unpaired) electrons. The van der Waals surface area contributed by atoms with E-state index in [9.17, 15) is 27.4 Å². The molecule has 5 N–H and O–H groups in total. The minimum atomic E-state index is -4.61. The first-order valence-corrected chi connectivity index (χ1v) is 19.2. The van der Waals surface area contributed by atoms with Crippen LogP contribution in [-0.4, -0.2) is 49.6 Å². The zero-order valence-corrected chi connectivity index (χ0v) is 30.2. The van der Waals surface area contributed by atoms with E-state index in [4.69, 9.17) is 4.74 Å². The molecule has 0 atom stereocenters. The molecule has 0 aliphatic heterocycles. The summed E-state index contributed by atoms with van der Waals surface area (Å²) in [5.74, 6) is -0.569. The van der Waals surface area contributed by atoms with Crippen LogP contribution < -0.4 is 26.0 Å². The molecule has 272 valence electrons. The molecule has 1 amide bonds. The fourth-order valence-electron chi connectivity index (χ4n) is 6.74. The Balaban J connectivity index is 1.36. The molecule has 6 rings (SSSR count). The van der Waals surface area contributed by atoms with Gasteiger partial charge in [-0.3, -0.25) is 18.9 Å². The standard InChI is InChI=1S/C40H44N4O7S/c1-3-4-20-41-24-36(45)42-23-26-22-28(15-19-33(26)51-34-18-14-25(2)21-35(34)52(48,49)50)44-32-17-16-31(43-27-10-6-5-7-11-27)37-38(32)40(47)30-13-9-8-12-29(30)39(37)46/h8-9,12-19,21-22,27,41,43-44H,3-7,10-11,20,23-24H2,1-2H3,(H,42,45)(H,48,49,50). The maximum atomic E-state index is 14.1. The summed E-state index contributed by atoms with van der Waals surface area (Å²) in [6.07, 6.45) is 7.31. The molecular weight excluding hydrogens is 681 g/mol. The second-order valence-electron chi connectivity index (χ2n) is 13.4. The van der Waals surface area contributed by atoms with E-state index >= 15 is 0 Å². The Morgan fingerprint density at radius 2 is 1.54 bits per heavy atom. The summed E-state index contributed by atoms with van der Waals surface area (Å²) in [6, 6.07) is 20.2. The molecular formula is C40H44N4O7S. The number of hydrogen-bond acceptors (Lipinski definition) is 9. The molecule has 2 aliphatic carbocycles. The Morgan fingerprint density at radius 3 is 2.23 bits per heavy atom. The highest BCUT2D eigenvalue weighted by Gasteiger charge is 2.34. The Hall–Kier alpha value is -5.04. The average molecular weight is 725 g/mol. The maximum absolute atomic E-state index is 14.1. The molecule has 0 bridgehead atoms. The van der Waals surface area contributed by atoms with Gasteiger partial charge in [0.05, 0.1) is 23.4 Å². The van der Waals surface area contributed by atoms with E-state index < -0.39 is 10.1 Å². The number of ether oxygens (including phenoxy) is 1. The molecule has 0 saturated heterocycles. The highest BCUT2D eigenvalue weighted by atomic mass is 32.2. The third-order valence-electron chi connectivity index (χ3n) is 9.45. The largest absolute Gasteiger partial charge is 0.456 e. The minimum absolute atomic E-state index is 0.0271. The third kappa shape index (κ3) is 8.36. The van der Waals surface area contributed by atoms with Crippen molar-refractivity contribution in [3.63, 3.8) is 0 Å². The van der Waals surface area contributed by atoms with Crippen LogP contribution in [0.3, 0.4) is 0 Å². The number of anilines is 3. The summed E-state index contributed by atoms with van der Waals surface area (Å²) in [5, 5.41) is 12.9. The van der Waals surface area contributed by atoms with E-state index in [1.807, 2.05) is 6.07 Å². The number of unbranched alkanes of at least 4 members (excludes halogenated alkanes) is 1. The van der Waals surface area contributed by atoms with E-state index in [1.165, 1.54) is 18.6 Å². The van der Waals surface area contributed by atoms with Crippen molar-refractivity contribution < 1.29 is 32.1 Å². The number of aryl methyl sites for hydroxylation is 1. The van der Waals surface area contributed by atoms with Gasteiger partial charge in [-0.25, -0.2) is 0 Å². The lowest BCUT2D eigenvalue weighted by Crippen LogP contribution is -2.33. The molecule has 0 heterocycles. The van der Waals surface area contributed by atoms with E-state index in [2.05, 4.69) is 28.2 Å². The van der Waals surface area contributed by atoms with Crippen molar-refractivity contribution in [1.82, 2.24) is 10.6 Å². The number of amides is 1. The number of carbonyl (C=O) groups is 3. The van der Waals surface area contributed by atoms with Crippen LogP contribution in [0.1, 0.15) is 94.8 Å². The fourth-order valence-corrected chi connectivity index (χ4v) is 7.44. The van der Waals surface area contributed by atoms with Gasteiger partial charge in [0.2, 0.25) is 5.91 Å². The van der Waals surface area contributed by atoms with E-state index in [0.717, 1.165) is 38.5 Å². The highest BCUT2D eigenvalue weighted by Crippen LogP contribution is 2.40. The van der Waals surface area contributed by atoms with Crippen molar-refractivity contribution in [2.75, 3.05) is 23.7 Å². The van der Waals surface area contributed by atoms with Crippen molar-refractivity contribution >= 4 is 44.7 Å². The molecule has 0 unspecified atom stereocenters. The Morgan fingerprint density at radius 1 is 0.865 bits per heavy atom. The summed E-state index contributed by atoms with van der Waals surface area (Å²) >= 11 is 0. The van der Waals surface area contributed by atoms with Crippen molar-refractivity contribution in [3.05, 3.63) is 106 Å². The molecule has 0 aromatic heterocycles. The van der Waals surface area contributed by atoms with Crippen molar-refractivity contribution in [2.24, 2.45) is 0 Å². The SMILES string of the molecule is CCCCNCC(=O)NCc1cc(Nc2ccc(NC3CCCCC3)c3c2C(=O)c2ccccc2C3=O)ccc1Oc1ccc(C)cc1S(=O)(=O)O. The molecule has 2 aliphatic rings. The lowest BCUT2D eigenvalue weighted by molar-refractivity contribution is -0.120. The van der Waals surface area contributed by atoms with E-state index in [0.29, 0.717) is 51.4 Å². The van der Waals surface area contributed by atoms with Crippen molar-refractivity contribution in [3.8, 4) is 11.5 Å². The van der Waals surface area contributed by atoms with Crippen LogP contribution in [0.5, 0.6) is 11.5 Å². The summed E-state index contributed by atoms with van der Waals surface area (Å²) in [5.41, 5.74) is 4.02. The Labute approximate surface area is 304 Å². The van der Waals surface area contributed by atoms with Gasteiger partial charge >= 0.3 is 0 Å². The van der Waals surface area contributed by atoms with Gasteiger partial charge < -0.3 is 26.0 Å². The van der Waals surface area contributed by atoms with Gasteiger partial charge in [0.25, 0.3) is 10.1 Å². The summed E-state index contributed by atoms with van der Waals surface area (Å²) < 4.78 is 40.5.